The maximum atomic E-state index is 12.9. The van der Waals surface area contributed by atoms with Crippen LogP contribution in [0.2, 0.25) is 0 Å². The Balaban J connectivity index is 2.03. The van der Waals surface area contributed by atoms with E-state index in [1.165, 1.54) is 13.3 Å². The second kappa shape index (κ2) is 7.90. The third-order valence-electron chi connectivity index (χ3n) is 3.93. The summed E-state index contributed by atoms with van der Waals surface area (Å²) in [5.74, 6) is 0. The van der Waals surface area contributed by atoms with Crippen LogP contribution in [0.4, 0.5) is 18.9 Å². The first-order valence-electron chi connectivity index (χ1n) is 8.03. The molecule has 1 saturated carbocycles. The largest absolute Gasteiger partial charge is 0.391 e. The normalized spacial score (nSPS) is 19.8. The summed E-state index contributed by atoms with van der Waals surface area (Å²) >= 11 is 0. The van der Waals surface area contributed by atoms with Crippen LogP contribution in [0.15, 0.2) is 40.6 Å². The first kappa shape index (κ1) is 17.9. The van der Waals surface area contributed by atoms with Crippen LogP contribution in [0.3, 0.4) is 0 Å². The highest BCUT2D eigenvalue weighted by Crippen LogP contribution is 2.32. The van der Waals surface area contributed by atoms with E-state index in [1.807, 2.05) is 6.07 Å². The number of ether oxygens (including phenoxy) is 1. The smallest absolute Gasteiger partial charge is 0.376 e. The maximum Gasteiger partial charge on any atom is 0.391 e. The maximum absolute atomic E-state index is 12.9. The highest BCUT2D eigenvalue weighted by Gasteiger charge is 2.40. The number of hydrogen-bond donors (Lipinski definition) is 0. The standard InChI is InChI=1S/C17H23F3N2O/c1-16(12-17(18,19)20,13-23-15-10-6-3-7-11-15)22-21-14-8-4-2-5-9-14/h2,4-5,8-9,15H,3,6-7,10-13H2,1H3/b22-21+. The molecule has 6 heteroatoms. The van der Waals surface area contributed by atoms with Gasteiger partial charge in [-0.1, -0.05) is 37.5 Å². The molecule has 0 heterocycles. The van der Waals surface area contributed by atoms with Crippen molar-refractivity contribution in [2.24, 2.45) is 10.2 Å². The molecule has 1 unspecified atom stereocenters. The molecule has 0 radical (unpaired) electrons. The van der Waals surface area contributed by atoms with E-state index in [0.717, 1.165) is 25.7 Å². The van der Waals surface area contributed by atoms with E-state index in [-0.39, 0.29) is 12.7 Å². The fourth-order valence-electron chi connectivity index (χ4n) is 2.75. The Morgan fingerprint density at radius 1 is 1.09 bits per heavy atom. The van der Waals surface area contributed by atoms with Gasteiger partial charge in [-0.2, -0.15) is 23.4 Å². The summed E-state index contributed by atoms with van der Waals surface area (Å²) in [7, 11) is 0. The van der Waals surface area contributed by atoms with E-state index >= 15 is 0 Å². The summed E-state index contributed by atoms with van der Waals surface area (Å²) in [6.07, 6.45) is -0.145. The molecule has 0 bridgehead atoms. The molecular formula is C17H23F3N2O. The lowest BCUT2D eigenvalue weighted by molar-refractivity contribution is -0.153. The Labute approximate surface area is 134 Å². The lowest BCUT2D eigenvalue weighted by Crippen LogP contribution is -2.36. The Morgan fingerprint density at radius 2 is 1.74 bits per heavy atom. The average molecular weight is 328 g/mol. The van der Waals surface area contributed by atoms with E-state index in [2.05, 4.69) is 10.2 Å². The molecule has 1 fully saturated rings. The molecule has 1 aliphatic carbocycles. The lowest BCUT2D eigenvalue weighted by Gasteiger charge is -2.29. The van der Waals surface area contributed by atoms with Gasteiger partial charge in [-0.05, 0) is 31.9 Å². The van der Waals surface area contributed by atoms with Gasteiger partial charge in [-0.25, -0.2) is 0 Å². The van der Waals surface area contributed by atoms with Crippen molar-refractivity contribution >= 4 is 5.69 Å². The van der Waals surface area contributed by atoms with Gasteiger partial charge in [0.2, 0.25) is 0 Å². The predicted molar refractivity (Wildman–Crippen MR) is 82.9 cm³/mol. The zero-order valence-corrected chi connectivity index (χ0v) is 13.4. The van der Waals surface area contributed by atoms with E-state index in [9.17, 15) is 13.2 Å². The Morgan fingerprint density at radius 3 is 2.35 bits per heavy atom. The number of nitrogens with zero attached hydrogens (tertiary/aromatic N) is 2. The van der Waals surface area contributed by atoms with Gasteiger partial charge in [0, 0.05) is 0 Å². The minimum Gasteiger partial charge on any atom is -0.376 e. The number of alkyl halides is 3. The van der Waals surface area contributed by atoms with Gasteiger partial charge in [0.1, 0.15) is 5.54 Å². The summed E-state index contributed by atoms with van der Waals surface area (Å²) < 4.78 is 44.4. The molecule has 3 nitrogen and oxygen atoms in total. The molecule has 0 N–H and O–H groups in total. The molecule has 1 atom stereocenters. The van der Waals surface area contributed by atoms with E-state index in [4.69, 9.17) is 4.74 Å². The van der Waals surface area contributed by atoms with Gasteiger partial charge in [0.15, 0.2) is 0 Å². The zero-order chi connectivity index (χ0) is 16.8. The van der Waals surface area contributed by atoms with Gasteiger partial charge >= 0.3 is 6.18 Å². The Hall–Kier alpha value is -1.43. The summed E-state index contributed by atoms with van der Waals surface area (Å²) in [6.45, 7) is 1.39. The van der Waals surface area contributed by atoms with Crippen molar-refractivity contribution in [1.29, 1.82) is 0 Å². The lowest BCUT2D eigenvalue weighted by atomic mass is 9.96. The van der Waals surface area contributed by atoms with E-state index in [1.54, 1.807) is 24.3 Å². The molecule has 0 saturated heterocycles. The molecule has 0 aromatic heterocycles. The minimum atomic E-state index is -4.31. The molecule has 2 rings (SSSR count). The summed E-state index contributed by atoms with van der Waals surface area (Å²) in [5, 5.41) is 7.95. The highest BCUT2D eigenvalue weighted by atomic mass is 19.4. The zero-order valence-electron chi connectivity index (χ0n) is 13.4. The molecule has 1 aliphatic rings. The molecule has 1 aromatic rings. The van der Waals surface area contributed by atoms with E-state index in [0.29, 0.717) is 5.69 Å². The van der Waals surface area contributed by atoms with Crippen LogP contribution in [0, 0.1) is 0 Å². The van der Waals surface area contributed by atoms with Crippen LogP contribution in [0.1, 0.15) is 45.4 Å². The fourth-order valence-corrected chi connectivity index (χ4v) is 2.75. The van der Waals surface area contributed by atoms with Gasteiger partial charge in [-0.3, -0.25) is 0 Å². The third-order valence-corrected chi connectivity index (χ3v) is 3.93. The predicted octanol–water partition coefficient (Wildman–Crippen LogP) is 5.83. The molecule has 0 spiro atoms. The Bertz CT molecular complexity index is 498. The average Bonchev–Trinajstić information content (AvgIpc) is 2.52. The quantitative estimate of drug-likeness (QED) is 0.605. The van der Waals surface area contributed by atoms with Crippen LogP contribution in [-0.4, -0.2) is 24.4 Å². The van der Waals surface area contributed by atoms with Crippen molar-refractivity contribution in [2.45, 2.75) is 63.3 Å². The molecule has 23 heavy (non-hydrogen) atoms. The molecule has 128 valence electrons. The van der Waals surface area contributed by atoms with Crippen molar-refractivity contribution < 1.29 is 17.9 Å². The van der Waals surface area contributed by atoms with Crippen LogP contribution < -0.4 is 0 Å². The molecule has 0 amide bonds. The van der Waals surface area contributed by atoms with Crippen LogP contribution >= 0.6 is 0 Å². The Kier molecular flexibility index (Phi) is 6.16. The number of hydrogen-bond acceptors (Lipinski definition) is 3. The van der Waals surface area contributed by atoms with Crippen LogP contribution in [0.25, 0.3) is 0 Å². The van der Waals surface area contributed by atoms with Gasteiger partial charge in [0.25, 0.3) is 0 Å². The number of benzene rings is 1. The SMILES string of the molecule is CC(COC1CCCCC1)(CC(F)(F)F)/N=N/c1ccccc1. The second-order valence-corrected chi connectivity index (χ2v) is 6.40. The molecular weight excluding hydrogens is 305 g/mol. The van der Waals surface area contributed by atoms with Crippen molar-refractivity contribution in [3.63, 3.8) is 0 Å². The highest BCUT2D eigenvalue weighted by molar-refractivity contribution is 5.34. The van der Waals surface area contributed by atoms with Crippen LogP contribution in [-0.2, 0) is 4.74 Å². The number of halogens is 3. The topological polar surface area (TPSA) is 34.0 Å². The number of rotatable bonds is 6. The fraction of sp³-hybridized carbons (Fsp3) is 0.647. The van der Waals surface area contributed by atoms with Crippen LogP contribution in [0.5, 0.6) is 0 Å². The molecule has 0 aliphatic heterocycles. The summed E-state index contributed by atoms with van der Waals surface area (Å²) in [6, 6.07) is 8.78. The van der Waals surface area contributed by atoms with Crippen molar-refractivity contribution in [1.82, 2.24) is 0 Å². The first-order chi connectivity index (χ1) is 10.9. The number of azo groups is 1. The van der Waals surface area contributed by atoms with Crippen molar-refractivity contribution in [3.8, 4) is 0 Å². The third kappa shape index (κ3) is 6.69. The first-order valence-corrected chi connectivity index (χ1v) is 8.03. The van der Waals surface area contributed by atoms with Gasteiger partial charge in [-0.15, -0.1) is 0 Å². The van der Waals surface area contributed by atoms with Crippen molar-refractivity contribution in [2.75, 3.05) is 6.61 Å². The molecule has 1 aromatic carbocycles. The van der Waals surface area contributed by atoms with E-state index < -0.39 is 18.1 Å². The summed E-state index contributed by atoms with van der Waals surface area (Å²) in [4.78, 5) is 0. The summed E-state index contributed by atoms with van der Waals surface area (Å²) in [5.41, 5.74) is -0.857. The van der Waals surface area contributed by atoms with Gasteiger partial charge in [0.05, 0.1) is 24.8 Å². The van der Waals surface area contributed by atoms with Crippen molar-refractivity contribution in [3.05, 3.63) is 30.3 Å². The minimum absolute atomic E-state index is 0.0447. The monoisotopic (exact) mass is 328 g/mol. The van der Waals surface area contributed by atoms with Gasteiger partial charge < -0.3 is 4.74 Å². The second-order valence-electron chi connectivity index (χ2n) is 6.40.